The first-order valence-electron chi connectivity index (χ1n) is 5.33. The highest BCUT2D eigenvalue weighted by atomic mass is 16.6. The Morgan fingerprint density at radius 2 is 1.89 bits per heavy atom. The van der Waals surface area contributed by atoms with Crippen LogP contribution in [0.4, 0.5) is 4.79 Å². The number of esters is 1. The van der Waals surface area contributed by atoms with Gasteiger partial charge in [0.25, 0.3) is 0 Å². The van der Waals surface area contributed by atoms with E-state index >= 15 is 0 Å². The van der Waals surface area contributed by atoms with Crippen molar-refractivity contribution < 1.29 is 29.0 Å². The molecule has 0 spiro atoms. The summed E-state index contributed by atoms with van der Waals surface area (Å²) in [6, 6.07) is -1.01. The minimum Gasteiger partial charge on any atom is -0.481 e. The monoisotopic (exact) mass is 260 g/mol. The summed E-state index contributed by atoms with van der Waals surface area (Å²) in [6.07, 6.45) is -1.64. The lowest BCUT2D eigenvalue weighted by atomic mass is 10.3. The molecule has 0 saturated heterocycles. The first-order chi connectivity index (χ1) is 8.29. The summed E-state index contributed by atoms with van der Waals surface area (Å²) in [5.74, 6) is -3.29. The Hall–Kier alpha value is -1.96. The molecule has 2 amide bonds. The normalized spacial score (nSPS) is 11.5. The van der Waals surface area contributed by atoms with Crippen molar-refractivity contribution in [2.24, 2.45) is 5.73 Å². The Morgan fingerprint density at radius 3 is 2.28 bits per heavy atom. The lowest BCUT2D eigenvalue weighted by Crippen LogP contribution is -2.42. The first kappa shape index (κ1) is 16.0. The molecule has 0 bridgehead atoms. The molecule has 0 aromatic rings. The number of imide groups is 1. The average molecular weight is 260 g/mol. The van der Waals surface area contributed by atoms with Gasteiger partial charge in [-0.05, 0) is 13.3 Å². The second-order valence-electron chi connectivity index (χ2n) is 3.59. The first-order valence-corrected chi connectivity index (χ1v) is 5.33. The molecule has 0 unspecified atom stereocenters. The molecule has 0 aliphatic heterocycles. The highest BCUT2D eigenvalue weighted by Gasteiger charge is 2.26. The molecule has 0 fully saturated rings. The number of nitrogens with zero attached hydrogens (tertiary/aromatic N) is 1. The minimum absolute atomic E-state index is 0.0306. The third kappa shape index (κ3) is 5.39. The van der Waals surface area contributed by atoms with Crippen molar-refractivity contribution in [1.82, 2.24) is 4.90 Å². The van der Waals surface area contributed by atoms with E-state index < -0.39 is 36.4 Å². The van der Waals surface area contributed by atoms with Crippen LogP contribution in [0.3, 0.4) is 0 Å². The lowest BCUT2D eigenvalue weighted by Gasteiger charge is -2.18. The summed E-state index contributed by atoms with van der Waals surface area (Å²) in [7, 11) is 0. The third-order valence-electron chi connectivity index (χ3n) is 1.83. The maximum absolute atomic E-state index is 11.5. The summed E-state index contributed by atoms with van der Waals surface area (Å²) >= 11 is 0. The van der Waals surface area contributed by atoms with Crippen LogP contribution in [0.15, 0.2) is 0 Å². The van der Waals surface area contributed by atoms with Gasteiger partial charge in [-0.2, -0.15) is 0 Å². The van der Waals surface area contributed by atoms with Crippen molar-refractivity contribution in [3.63, 3.8) is 0 Å². The molecule has 8 heteroatoms. The molecule has 1 atom stereocenters. The molecule has 18 heavy (non-hydrogen) atoms. The Kier molecular flexibility index (Phi) is 6.58. The predicted molar refractivity (Wildman–Crippen MR) is 59.4 cm³/mol. The number of amides is 2. The third-order valence-corrected chi connectivity index (χ3v) is 1.83. The molecule has 0 radical (unpaired) electrons. The fraction of sp³-hybridized carbons (Fsp3) is 0.600. The van der Waals surface area contributed by atoms with Gasteiger partial charge >= 0.3 is 18.0 Å². The van der Waals surface area contributed by atoms with E-state index in [1.54, 1.807) is 6.92 Å². The van der Waals surface area contributed by atoms with Gasteiger partial charge in [0.2, 0.25) is 5.91 Å². The minimum atomic E-state index is -1.37. The number of carboxylic acids is 1. The maximum Gasteiger partial charge on any atom is 0.424 e. The van der Waals surface area contributed by atoms with Gasteiger partial charge in [0.05, 0.1) is 0 Å². The smallest absolute Gasteiger partial charge is 0.424 e. The number of carboxylic acid groups (broad SMARTS) is 1. The Labute approximate surface area is 104 Å². The zero-order chi connectivity index (χ0) is 14.3. The van der Waals surface area contributed by atoms with Gasteiger partial charge in [0.1, 0.15) is 12.5 Å². The second-order valence-corrected chi connectivity index (χ2v) is 3.59. The van der Waals surface area contributed by atoms with Crippen molar-refractivity contribution in [3.8, 4) is 0 Å². The maximum atomic E-state index is 11.5. The summed E-state index contributed by atoms with van der Waals surface area (Å²) in [6.45, 7) is 2.97. The second kappa shape index (κ2) is 7.38. The topological polar surface area (TPSA) is 127 Å². The molecule has 102 valence electrons. The van der Waals surface area contributed by atoms with Crippen LogP contribution in [0.1, 0.15) is 26.7 Å². The molecule has 3 N–H and O–H groups in total. The quantitative estimate of drug-likeness (QED) is 0.513. The van der Waals surface area contributed by atoms with Crippen molar-refractivity contribution in [2.75, 3.05) is 6.54 Å². The number of ether oxygens (including phenoxy) is 1. The SMILES string of the molecule is CCCN(C(=O)CC(=O)O)C(=O)OC(=O)[C@H](C)N. The van der Waals surface area contributed by atoms with E-state index in [9.17, 15) is 19.2 Å². The number of carbonyl (C=O) groups is 4. The van der Waals surface area contributed by atoms with Crippen molar-refractivity contribution in [1.29, 1.82) is 0 Å². The molecule has 0 aliphatic rings. The highest BCUT2D eigenvalue weighted by Crippen LogP contribution is 2.02. The highest BCUT2D eigenvalue weighted by molar-refractivity contribution is 6.02. The fourth-order valence-electron chi connectivity index (χ4n) is 1.00. The lowest BCUT2D eigenvalue weighted by molar-refractivity contribution is -0.144. The van der Waals surface area contributed by atoms with Crippen LogP contribution >= 0.6 is 0 Å². The Balaban J connectivity index is 4.68. The van der Waals surface area contributed by atoms with E-state index in [1.807, 2.05) is 0 Å². The number of rotatable bonds is 5. The van der Waals surface area contributed by atoms with Crippen molar-refractivity contribution in [2.45, 2.75) is 32.7 Å². The average Bonchev–Trinajstić information content (AvgIpc) is 2.24. The fourth-order valence-corrected chi connectivity index (χ4v) is 1.00. The van der Waals surface area contributed by atoms with Gasteiger partial charge < -0.3 is 15.6 Å². The van der Waals surface area contributed by atoms with Gasteiger partial charge in [-0.1, -0.05) is 6.92 Å². The van der Waals surface area contributed by atoms with Gasteiger partial charge in [-0.15, -0.1) is 0 Å². The number of carbonyl (C=O) groups excluding carboxylic acids is 3. The zero-order valence-corrected chi connectivity index (χ0v) is 10.2. The van der Waals surface area contributed by atoms with Crippen molar-refractivity contribution in [3.05, 3.63) is 0 Å². The number of aliphatic carboxylic acids is 1. The molecule has 0 rings (SSSR count). The van der Waals surface area contributed by atoms with Crippen molar-refractivity contribution >= 4 is 23.9 Å². The number of hydrogen-bond donors (Lipinski definition) is 2. The van der Waals surface area contributed by atoms with E-state index in [0.29, 0.717) is 11.3 Å². The van der Waals surface area contributed by atoms with E-state index in [4.69, 9.17) is 10.8 Å². The molecular weight excluding hydrogens is 244 g/mol. The molecular formula is C10H16N2O6. The van der Waals surface area contributed by atoms with E-state index in [2.05, 4.69) is 4.74 Å². The predicted octanol–water partition coefficient (Wildman–Crippen LogP) is -0.290. The summed E-state index contributed by atoms with van der Waals surface area (Å²) in [5, 5.41) is 8.47. The van der Waals surface area contributed by atoms with E-state index in [-0.39, 0.29) is 6.54 Å². The molecule has 8 nitrogen and oxygen atoms in total. The largest absolute Gasteiger partial charge is 0.481 e. The number of nitrogens with two attached hydrogens (primary N) is 1. The molecule has 0 heterocycles. The van der Waals surface area contributed by atoms with E-state index in [0.717, 1.165) is 0 Å². The van der Waals surface area contributed by atoms with Gasteiger partial charge in [0, 0.05) is 6.54 Å². The Morgan fingerprint density at radius 1 is 1.33 bits per heavy atom. The van der Waals surface area contributed by atoms with Crippen LogP contribution < -0.4 is 5.73 Å². The van der Waals surface area contributed by atoms with E-state index in [1.165, 1.54) is 6.92 Å². The van der Waals surface area contributed by atoms with Crippen LogP contribution in [0.2, 0.25) is 0 Å². The summed E-state index contributed by atoms with van der Waals surface area (Å²) < 4.78 is 4.34. The number of hydrogen-bond acceptors (Lipinski definition) is 6. The molecule has 0 aliphatic carbocycles. The standard InChI is InChI=1S/C10H16N2O6/c1-3-4-12(7(13)5-8(14)15)10(17)18-9(16)6(2)11/h6H,3-5,11H2,1-2H3,(H,14,15)/t6-/m0/s1. The summed E-state index contributed by atoms with van der Waals surface area (Å²) in [4.78, 5) is 45.0. The van der Waals surface area contributed by atoms with Crippen LogP contribution in [-0.2, 0) is 19.1 Å². The van der Waals surface area contributed by atoms with Crippen LogP contribution in [0, 0.1) is 0 Å². The van der Waals surface area contributed by atoms with Gasteiger partial charge in [-0.3, -0.25) is 9.59 Å². The Bertz CT molecular complexity index is 352. The summed E-state index contributed by atoms with van der Waals surface area (Å²) in [5.41, 5.74) is 5.19. The van der Waals surface area contributed by atoms with Gasteiger partial charge in [0.15, 0.2) is 0 Å². The molecule has 0 saturated carbocycles. The van der Waals surface area contributed by atoms with Crippen LogP contribution in [0.25, 0.3) is 0 Å². The molecule has 0 aromatic carbocycles. The van der Waals surface area contributed by atoms with Crippen LogP contribution in [0.5, 0.6) is 0 Å². The molecule has 0 aromatic heterocycles. The van der Waals surface area contributed by atoms with Gasteiger partial charge in [-0.25, -0.2) is 14.5 Å². The zero-order valence-electron chi connectivity index (χ0n) is 10.2. The van der Waals surface area contributed by atoms with Crippen LogP contribution in [-0.4, -0.2) is 46.5 Å².